The van der Waals surface area contributed by atoms with Crippen molar-refractivity contribution in [2.24, 2.45) is 0 Å². The van der Waals surface area contributed by atoms with Crippen LogP contribution in [0.15, 0.2) is 66.2 Å². The number of ether oxygens (including phenoxy) is 1. The second-order valence-electron chi connectivity index (χ2n) is 10.6. The summed E-state index contributed by atoms with van der Waals surface area (Å²) in [6.07, 6.45) is 0. The van der Waals surface area contributed by atoms with Gasteiger partial charge in [0.2, 0.25) is 0 Å². The van der Waals surface area contributed by atoms with E-state index in [1.54, 1.807) is 18.2 Å². The molecular formula is C31H32ClNO4. The van der Waals surface area contributed by atoms with E-state index in [0.717, 1.165) is 27.8 Å². The number of rotatable bonds is 5. The number of amides is 1. The number of carbonyl (C=O) groups excluding carboxylic acids is 2. The summed E-state index contributed by atoms with van der Waals surface area (Å²) in [5.41, 5.74) is 5.06. The van der Waals surface area contributed by atoms with Crippen molar-refractivity contribution < 1.29 is 19.4 Å². The fraction of sp³-hybridized carbons (Fsp3) is 0.290. The summed E-state index contributed by atoms with van der Waals surface area (Å²) in [6.45, 7) is 10.6. The molecule has 6 heteroatoms. The van der Waals surface area contributed by atoms with E-state index in [-0.39, 0.29) is 33.9 Å². The molecule has 1 saturated heterocycles. The Balaban J connectivity index is 1.91. The first-order valence-corrected chi connectivity index (χ1v) is 12.6. The molecule has 0 aromatic heterocycles. The predicted octanol–water partition coefficient (Wildman–Crippen LogP) is 6.88. The molecule has 1 unspecified atom stereocenters. The van der Waals surface area contributed by atoms with E-state index in [0.29, 0.717) is 5.75 Å². The number of benzene rings is 3. The van der Waals surface area contributed by atoms with Crippen molar-refractivity contribution in [1.82, 2.24) is 4.90 Å². The lowest BCUT2D eigenvalue weighted by Crippen LogP contribution is -2.29. The maximum atomic E-state index is 13.5. The molecule has 1 fully saturated rings. The van der Waals surface area contributed by atoms with Crippen molar-refractivity contribution in [2.75, 3.05) is 7.11 Å². The Morgan fingerprint density at radius 3 is 2.30 bits per heavy atom. The average molecular weight is 518 g/mol. The monoisotopic (exact) mass is 517 g/mol. The predicted molar refractivity (Wildman–Crippen MR) is 147 cm³/mol. The van der Waals surface area contributed by atoms with Crippen LogP contribution in [-0.2, 0) is 21.5 Å². The highest BCUT2D eigenvalue weighted by Gasteiger charge is 2.46. The van der Waals surface area contributed by atoms with Crippen LogP contribution in [0.5, 0.6) is 5.75 Å². The van der Waals surface area contributed by atoms with Gasteiger partial charge >= 0.3 is 0 Å². The number of ketones is 1. The van der Waals surface area contributed by atoms with E-state index < -0.39 is 17.7 Å². The van der Waals surface area contributed by atoms with Gasteiger partial charge in [0.15, 0.2) is 0 Å². The Kier molecular flexibility index (Phi) is 7.20. The lowest BCUT2D eigenvalue weighted by Gasteiger charge is -2.27. The molecule has 0 bridgehead atoms. The van der Waals surface area contributed by atoms with Crippen LogP contribution < -0.4 is 4.74 Å². The number of carbonyl (C=O) groups is 2. The number of aliphatic hydroxyl groups excluding tert-OH is 1. The Bertz CT molecular complexity index is 1400. The van der Waals surface area contributed by atoms with Crippen molar-refractivity contribution in [3.63, 3.8) is 0 Å². The molecule has 4 rings (SSSR count). The first kappa shape index (κ1) is 26.5. The van der Waals surface area contributed by atoms with Crippen molar-refractivity contribution >= 4 is 29.1 Å². The van der Waals surface area contributed by atoms with Crippen LogP contribution in [0.25, 0.3) is 5.76 Å². The molecule has 192 valence electrons. The van der Waals surface area contributed by atoms with Crippen LogP contribution in [0.3, 0.4) is 0 Å². The molecule has 1 aliphatic heterocycles. The molecule has 5 nitrogen and oxygen atoms in total. The van der Waals surface area contributed by atoms with Crippen LogP contribution in [0.1, 0.15) is 60.2 Å². The van der Waals surface area contributed by atoms with Gasteiger partial charge in [-0.25, -0.2) is 0 Å². The number of hydrogen-bond donors (Lipinski definition) is 1. The molecule has 1 atom stereocenters. The molecule has 1 heterocycles. The summed E-state index contributed by atoms with van der Waals surface area (Å²) in [4.78, 5) is 28.4. The van der Waals surface area contributed by atoms with E-state index >= 15 is 0 Å². The van der Waals surface area contributed by atoms with Crippen LogP contribution in [0.2, 0.25) is 5.02 Å². The molecule has 1 amide bonds. The minimum absolute atomic E-state index is 0.00830. The highest BCUT2D eigenvalue weighted by atomic mass is 35.5. The van der Waals surface area contributed by atoms with Crippen molar-refractivity contribution in [3.05, 3.63) is 105 Å². The van der Waals surface area contributed by atoms with Crippen molar-refractivity contribution in [2.45, 2.75) is 52.6 Å². The average Bonchev–Trinajstić information content (AvgIpc) is 3.10. The second-order valence-corrected chi connectivity index (χ2v) is 11.0. The number of aryl methyl sites for hydroxylation is 2. The zero-order valence-corrected chi connectivity index (χ0v) is 22.8. The Morgan fingerprint density at radius 1 is 1.00 bits per heavy atom. The van der Waals surface area contributed by atoms with Gasteiger partial charge < -0.3 is 14.7 Å². The van der Waals surface area contributed by atoms with E-state index in [4.69, 9.17) is 16.3 Å². The molecule has 0 saturated carbocycles. The molecule has 3 aromatic rings. The molecule has 1 aliphatic rings. The van der Waals surface area contributed by atoms with Gasteiger partial charge in [-0.1, -0.05) is 80.4 Å². The fourth-order valence-electron chi connectivity index (χ4n) is 4.67. The lowest BCUT2D eigenvalue weighted by molar-refractivity contribution is -0.140. The van der Waals surface area contributed by atoms with Crippen LogP contribution in [-0.4, -0.2) is 28.8 Å². The zero-order valence-electron chi connectivity index (χ0n) is 22.1. The number of nitrogens with zero attached hydrogens (tertiary/aromatic N) is 1. The van der Waals surface area contributed by atoms with E-state index in [1.807, 2.05) is 56.3 Å². The molecule has 1 N–H and O–H groups in total. The second kappa shape index (κ2) is 10.1. The minimum atomic E-state index is -0.781. The van der Waals surface area contributed by atoms with Gasteiger partial charge in [0.1, 0.15) is 11.5 Å². The molecule has 3 aromatic carbocycles. The van der Waals surface area contributed by atoms with Crippen LogP contribution in [0, 0.1) is 13.8 Å². The third-order valence-corrected chi connectivity index (χ3v) is 7.24. The van der Waals surface area contributed by atoms with Gasteiger partial charge in [0, 0.05) is 12.1 Å². The summed E-state index contributed by atoms with van der Waals surface area (Å²) in [6, 6.07) is 17.9. The lowest BCUT2D eigenvalue weighted by atomic mass is 9.85. The minimum Gasteiger partial charge on any atom is -0.507 e. The van der Waals surface area contributed by atoms with E-state index in [2.05, 4.69) is 20.8 Å². The summed E-state index contributed by atoms with van der Waals surface area (Å²) in [5, 5.41) is 11.7. The topological polar surface area (TPSA) is 66.8 Å². The first-order chi connectivity index (χ1) is 17.4. The maximum absolute atomic E-state index is 13.5. The fourth-order valence-corrected chi connectivity index (χ4v) is 4.87. The standard InChI is InChI=1S/C31H32ClNO4/c1-18-7-8-19(2)21(15-18)17-33-27(20-9-11-22(12-10-20)31(3,4)5)26(29(35)30(33)36)28(34)24-16-23(37-6)13-14-25(24)32/h7-16,27,34H,17H2,1-6H3/b28-26+. The van der Waals surface area contributed by atoms with E-state index in [9.17, 15) is 14.7 Å². The van der Waals surface area contributed by atoms with Crippen molar-refractivity contribution in [3.8, 4) is 5.75 Å². The van der Waals surface area contributed by atoms with Gasteiger partial charge in [-0.05, 0) is 59.7 Å². The number of likely N-dealkylation sites (tertiary alicyclic amines) is 1. The summed E-state index contributed by atoms with van der Waals surface area (Å²) < 4.78 is 5.30. The molecular weight excluding hydrogens is 486 g/mol. The number of hydrogen-bond acceptors (Lipinski definition) is 4. The number of Topliss-reactive ketones (excluding diaryl/α,β-unsaturated/α-hetero) is 1. The smallest absolute Gasteiger partial charge is 0.295 e. The van der Waals surface area contributed by atoms with Gasteiger partial charge in [0.25, 0.3) is 11.7 Å². The summed E-state index contributed by atoms with van der Waals surface area (Å²) in [7, 11) is 1.51. The third-order valence-electron chi connectivity index (χ3n) is 6.91. The Labute approximate surface area is 223 Å². The van der Waals surface area contributed by atoms with Crippen LogP contribution in [0.4, 0.5) is 0 Å². The largest absolute Gasteiger partial charge is 0.507 e. The van der Waals surface area contributed by atoms with E-state index in [1.165, 1.54) is 12.0 Å². The normalized spacial score (nSPS) is 17.4. The van der Waals surface area contributed by atoms with Gasteiger partial charge in [-0.15, -0.1) is 0 Å². The third kappa shape index (κ3) is 5.14. The number of halogens is 1. The van der Waals surface area contributed by atoms with Gasteiger partial charge in [0.05, 0.1) is 23.7 Å². The van der Waals surface area contributed by atoms with Crippen molar-refractivity contribution in [1.29, 1.82) is 0 Å². The molecule has 37 heavy (non-hydrogen) atoms. The highest BCUT2D eigenvalue weighted by molar-refractivity contribution is 6.47. The number of methoxy groups -OCH3 is 1. The zero-order chi connectivity index (χ0) is 27.1. The molecule has 0 aliphatic carbocycles. The van der Waals surface area contributed by atoms with Gasteiger partial charge in [-0.2, -0.15) is 0 Å². The first-order valence-electron chi connectivity index (χ1n) is 12.2. The Hall–Kier alpha value is -3.57. The Morgan fingerprint density at radius 2 is 1.68 bits per heavy atom. The molecule has 0 spiro atoms. The maximum Gasteiger partial charge on any atom is 0.295 e. The van der Waals surface area contributed by atoms with Crippen LogP contribution >= 0.6 is 11.6 Å². The number of aliphatic hydroxyl groups is 1. The summed E-state index contributed by atoms with van der Waals surface area (Å²) >= 11 is 6.42. The highest BCUT2D eigenvalue weighted by Crippen LogP contribution is 2.42. The van der Waals surface area contributed by atoms with Gasteiger partial charge in [-0.3, -0.25) is 9.59 Å². The SMILES string of the molecule is COc1ccc(Cl)c(/C(O)=C2\C(=O)C(=O)N(Cc3cc(C)ccc3C)C2c2ccc(C(C)(C)C)cc2)c1. The quantitative estimate of drug-likeness (QED) is 0.227. The summed E-state index contributed by atoms with van der Waals surface area (Å²) in [5.74, 6) is -1.25. The molecule has 0 radical (unpaired) electrons.